The first-order chi connectivity index (χ1) is 15.7. The number of rotatable bonds is 5. The third-order valence-corrected chi connectivity index (χ3v) is 6.74. The summed E-state index contributed by atoms with van der Waals surface area (Å²) in [5, 5.41) is 29.7. The number of carbonyl (C=O) groups is 2. The Morgan fingerprint density at radius 2 is 2.00 bits per heavy atom. The Hall–Kier alpha value is -3.89. The number of aromatic nitrogens is 4. The highest BCUT2D eigenvalue weighted by Gasteiger charge is 2.27. The van der Waals surface area contributed by atoms with Crippen LogP contribution in [0.2, 0.25) is 5.02 Å². The SMILES string of the molecule is N#Cc1cnn(-c2nn3c(c2Cl)CCCC3)c1NC(=O)NS(=O)(=O)c1ccccc1C(=O)O. The Labute approximate surface area is 192 Å². The second-order valence-corrected chi connectivity index (χ2v) is 9.08. The number of hydrogen-bond acceptors (Lipinski definition) is 7. The topological polar surface area (TPSA) is 172 Å². The number of halogens is 1. The summed E-state index contributed by atoms with van der Waals surface area (Å²) in [6.07, 6.45) is 3.76. The molecule has 4 rings (SSSR count). The van der Waals surface area contributed by atoms with Gasteiger partial charge in [0.25, 0.3) is 10.0 Å². The van der Waals surface area contributed by atoms with E-state index in [1.807, 2.05) is 6.07 Å². The van der Waals surface area contributed by atoms with Gasteiger partial charge >= 0.3 is 12.0 Å². The van der Waals surface area contributed by atoms with Crippen LogP contribution in [-0.2, 0) is 23.0 Å². The molecule has 1 aliphatic rings. The van der Waals surface area contributed by atoms with Gasteiger partial charge < -0.3 is 5.11 Å². The Kier molecular flexibility index (Phi) is 5.79. The van der Waals surface area contributed by atoms with Crippen molar-refractivity contribution in [1.29, 1.82) is 5.26 Å². The van der Waals surface area contributed by atoms with Gasteiger partial charge in [0, 0.05) is 6.54 Å². The van der Waals surface area contributed by atoms with Crippen molar-refractivity contribution in [2.24, 2.45) is 0 Å². The molecule has 0 unspecified atom stereocenters. The van der Waals surface area contributed by atoms with Crippen LogP contribution in [0.25, 0.3) is 5.82 Å². The van der Waals surface area contributed by atoms with E-state index in [2.05, 4.69) is 15.5 Å². The minimum absolute atomic E-state index is 0.0597. The number of nitriles is 1. The monoisotopic (exact) mass is 489 g/mol. The minimum Gasteiger partial charge on any atom is -0.478 e. The first kappa shape index (κ1) is 22.3. The van der Waals surface area contributed by atoms with Crippen molar-refractivity contribution in [3.63, 3.8) is 0 Å². The van der Waals surface area contributed by atoms with Gasteiger partial charge in [0.15, 0.2) is 11.6 Å². The van der Waals surface area contributed by atoms with Crippen molar-refractivity contribution in [3.05, 3.63) is 52.3 Å². The molecule has 0 spiro atoms. The number of urea groups is 1. The summed E-state index contributed by atoms with van der Waals surface area (Å²) in [5.74, 6) is -1.43. The number of nitrogens with zero attached hydrogens (tertiary/aromatic N) is 5. The summed E-state index contributed by atoms with van der Waals surface area (Å²) < 4.78 is 29.9. The molecule has 0 atom stereocenters. The van der Waals surface area contributed by atoms with Gasteiger partial charge in [0.05, 0.1) is 17.5 Å². The van der Waals surface area contributed by atoms with Crippen LogP contribution in [0.5, 0.6) is 0 Å². The number of carboxylic acids is 1. The van der Waals surface area contributed by atoms with E-state index >= 15 is 0 Å². The zero-order valence-electron chi connectivity index (χ0n) is 16.8. The fourth-order valence-corrected chi connectivity index (χ4v) is 4.89. The smallest absolute Gasteiger partial charge is 0.337 e. The van der Waals surface area contributed by atoms with E-state index < -0.39 is 32.5 Å². The van der Waals surface area contributed by atoms with Crippen LogP contribution >= 0.6 is 11.6 Å². The molecule has 2 amide bonds. The van der Waals surface area contributed by atoms with E-state index in [-0.39, 0.29) is 17.2 Å². The molecule has 33 heavy (non-hydrogen) atoms. The van der Waals surface area contributed by atoms with Gasteiger partial charge in [0.1, 0.15) is 21.6 Å². The van der Waals surface area contributed by atoms with Crippen LogP contribution in [-0.4, -0.2) is 45.1 Å². The molecule has 0 aliphatic carbocycles. The highest BCUT2D eigenvalue weighted by molar-refractivity contribution is 7.90. The molecule has 0 bridgehead atoms. The average molecular weight is 490 g/mol. The number of aromatic carboxylic acids is 1. The standard InChI is InChI=1S/C19H16ClN7O5S/c20-15-13-6-3-4-8-26(13)24-17(15)27-16(11(9-21)10-22-27)23-19(30)25-33(31,32)14-7-2-1-5-12(14)18(28)29/h1-2,5,7,10H,3-4,6,8H2,(H,28,29)(H2,23,25,30). The van der Waals surface area contributed by atoms with E-state index in [1.54, 1.807) is 9.40 Å². The number of benzene rings is 1. The largest absolute Gasteiger partial charge is 0.478 e. The highest BCUT2D eigenvalue weighted by atomic mass is 35.5. The molecule has 3 N–H and O–H groups in total. The summed E-state index contributed by atoms with van der Waals surface area (Å²) in [5.41, 5.74) is 0.238. The predicted molar refractivity (Wildman–Crippen MR) is 115 cm³/mol. The molecule has 0 fully saturated rings. The maximum atomic E-state index is 12.6. The van der Waals surface area contributed by atoms with Gasteiger partial charge in [-0.3, -0.25) is 10.00 Å². The van der Waals surface area contributed by atoms with Gasteiger partial charge in [-0.1, -0.05) is 23.7 Å². The zero-order chi connectivity index (χ0) is 23.8. The first-order valence-electron chi connectivity index (χ1n) is 9.62. The Bertz CT molecular complexity index is 1420. The van der Waals surface area contributed by atoms with Crippen molar-refractivity contribution in [1.82, 2.24) is 24.3 Å². The second-order valence-electron chi connectivity index (χ2n) is 7.06. The maximum absolute atomic E-state index is 12.6. The molecule has 0 saturated heterocycles. The fourth-order valence-electron chi connectivity index (χ4n) is 3.47. The van der Waals surface area contributed by atoms with Crippen LogP contribution in [0.1, 0.15) is 34.5 Å². The molecule has 3 aromatic rings. The van der Waals surface area contributed by atoms with Gasteiger partial charge in [-0.25, -0.2) is 22.7 Å². The molecule has 12 nitrogen and oxygen atoms in total. The maximum Gasteiger partial charge on any atom is 0.337 e. The Morgan fingerprint density at radius 3 is 2.70 bits per heavy atom. The van der Waals surface area contributed by atoms with Gasteiger partial charge in [-0.2, -0.15) is 20.1 Å². The second kappa shape index (κ2) is 8.57. The summed E-state index contributed by atoms with van der Waals surface area (Å²) in [6.45, 7) is 0.659. The van der Waals surface area contributed by atoms with Gasteiger partial charge in [0.2, 0.25) is 0 Å². The number of amides is 2. The van der Waals surface area contributed by atoms with Crippen LogP contribution in [0.3, 0.4) is 0 Å². The first-order valence-corrected chi connectivity index (χ1v) is 11.5. The lowest BCUT2D eigenvalue weighted by Crippen LogP contribution is -2.35. The summed E-state index contributed by atoms with van der Waals surface area (Å²) >= 11 is 6.46. The normalized spacial score (nSPS) is 13.1. The number of carbonyl (C=O) groups excluding carboxylic acids is 1. The average Bonchev–Trinajstić information content (AvgIpc) is 3.33. The van der Waals surface area contributed by atoms with E-state index in [1.165, 1.54) is 18.3 Å². The zero-order valence-corrected chi connectivity index (χ0v) is 18.4. The van der Waals surface area contributed by atoms with Crippen LogP contribution in [0.4, 0.5) is 10.6 Å². The van der Waals surface area contributed by atoms with Crippen LogP contribution < -0.4 is 10.0 Å². The number of sulfonamides is 1. The number of aryl methyl sites for hydroxylation is 1. The predicted octanol–water partition coefficient (Wildman–Crippen LogP) is 2.14. The molecule has 1 aromatic carbocycles. The van der Waals surface area contributed by atoms with Crippen molar-refractivity contribution in [3.8, 4) is 11.9 Å². The van der Waals surface area contributed by atoms with E-state index in [0.29, 0.717) is 18.0 Å². The Balaban J connectivity index is 1.65. The Morgan fingerprint density at radius 1 is 1.24 bits per heavy atom. The lowest BCUT2D eigenvalue weighted by atomic mass is 10.1. The van der Waals surface area contributed by atoms with Gasteiger partial charge in [-0.15, -0.1) is 0 Å². The number of carboxylic acid groups (broad SMARTS) is 1. The van der Waals surface area contributed by atoms with Crippen molar-refractivity contribution in [2.75, 3.05) is 5.32 Å². The minimum atomic E-state index is -4.55. The third kappa shape index (κ3) is 4.13. The van der Waals surface area contributed by atoms with E-state index in [9.17, 15) is 28.4 Å². The summed E-state index contributed by atoms with van der Waals surface area (Å²) in [6, 6.07) is 5.46. The molecular weight excluding hydrogens is 474 g/mol. The molecule has 0 saturated carbocycles. The molecule has 1 aliphatic heterocycles. The van der Waals surface area contributed by atoms with Crippen LogP contribution in [0, 0.1) is 11.3 Å². The van der Waals surface area contributed by atoms with Crippen molar-refractivity contribution < 1.29 is 23.1 Å². The quantitative estimate of drug-likeness (QED) is 0.488. The lowest BCUT2D eigenvalue weighted by Gasteiger charge is -2.12. The number of hydrogen-bond donors (Lipinski definition) is 3. The number of anilines is 1. The number of fused-ring (bicyclic) bond motifs is 1. The van der Waals surface area contributed by atoms with E-state index in [0.717, 1.165) is 35.4 Å². The third-order valence-electron chi connectivity index (χ3n) is 4.97. The molecule has 170 valence electrons. The molecule has 2 aromatic heterocycles. The lowest BCUT2D eigenvalue weighted by molar-refractivity contribution is 0.0692. The van der Waals surface area contributed by atoms with Crippen LogP contribution in [0.15, 0.2) is 35.4 Å². The highest BCUT2D eigenvalue weighted by Crippen LogP contribution is 2.31. The van der Waals surface area contributed by atoms with Gasteiger partial charge in [-0.05, 0) is 31.4 Å². The number of nitrogens with one attached hydrogen (secondary N) is 2. The molecule has 3 heterocycles. The van der Waals surface area contributed by atoms with Crippen molar-refractivity contribution >= 4 is 39.4 Å². The fraction of sp³-hybridized carbons (Fsp3) is 0.211. The summed E-state index contributed by atoms with van der Waals surface area (Å²) in [4.78, 5) is 23.3. The summed E-state index contributed by atoms with van der Waals surface area (Å²) in [7, 11) is -4.55. The molecule has 0 radical (unpaired) electrons. The molecular formula is C19H16ClN7O5S. The van der Waals surface area contributed by atoms with E-state index in [4.69, 9.17) is 11.6 Å². The molecule has 14 heteroatoms. The van der Waals surface area contributed by atoms with Crippen molar-refractivity contribution in [2.45, 2.75) is 30.7 Å².